The van der Waals surface area contributed by atoms with E-state index in [1.54, 1.807) is 11.3 Å². The van der Waals surface area contributed by atoms with E-state index >= 15 is 0 Å². The molecule has 1 aromatic carbocycles. The van der Waals surface area contributed by atoms with Crippen LogP contribution in [0.4, 0.5) is 0 Å². The van der Waals surface area contributed by atoms with E-state index in [0.29, 0.717) is 0 Å². The monoisotopic (exact) mass is 287 g/mol. The number of rotatable bonds is 5. The van der Waals surface area contributed by atoms with Crippen molar-refractivity contribution in [1.82, 2.24) is 14.8 Å². The van der Waals surface area contributed by atoms with Gasteiger partial charge in [-0.15, -0.1) is 11.3 Å². The van der Waals surface area contributed by atoms with Crippen LogP contribution < -0.4 is 0 Å². The van der Waals surface area contributed by atoms with Crippen molar-refractivity contribution in [2.75, 3.05) is 32.7 Å². The molecule has 0 N–H and O–H groups in total. The zero-order valence-corrected chi connectivity index (χ0v) is 12.6. The maximum atomic E-state index is 4.37. The molecule has 0 saturated carbocycles. The Morgan fingerprint density at radius 2 is 1.75 bits per heavy atom. The fourth-order valence-electron chi connectivity index (χ4n) is 2.63. The molecule has 0 amide bonds. The Labute approximate surface area is 124 Å². The molecular formula is C16H21N3S. The highest BCUT2D eigenvalue weighted by Gasteiger charge is 2.17. The fraction of sp³-hybridized carbons (Fsp3) is 0.438. The summed E-state index contributed by atoms with van der Waals surface area (Å²) < 4.78 is 0. The summed E-state index contributed by atoms with van der Waals surface area (Å²) in [6.45, 7) is 6.87. The Kier molecular flexibility index (Phi) is 4.79. The number of hydrogen-bond donors (Lipinski definition) is 0. The third kappa shape index (κ3) is 3.88. The average Bonchev–Trinajstić information content (AvgIpc) is 3.01. The average molecular weight is 287 g/mol. The largest absolute Gasteiger partial charge is 0.300 e. The number of thiazole rings is 1. The van der Waals surface area contributed by atoms with Gasteiger partial charge in [-0.05, 0) is 12.0 Å². The van der Waals surface area contributed by atoms with Crippen molar-refractivity contribution in [3.05, 3.63) is 52.5 Å². The highest BCUT2D eigenvalue weighted by Crippen LogP contribution is 2.11. The van der Waals surface area contributed by atoms with Crippen LogP contribution in [0.15, 0.2) is 41.9 Å². The Bertz CT molecular complexity index is 490. The third-order valence-corrected chi connectivity index (χ3v) is 4.63. The summed E-state index contributed by atoms with van der Waals surface area (Å²) in [5.41, 5.74) is 1.44. The van der Waals surface area contributed by atoms with E-state index in [1.807, 2.05) is 6.20 Å². The molecule has 2 heterocycles. The van der Waals surface area contributed by atoms with Crippen molar-refractivity contribution in [3.8, 4) is 0 Å². The fourth-order valence-corrected chi connectivity index (χ4v) is 3.28. The first-order valence-corrected chi connectivity index (χ1v) is 8.15. The maximum absolute atomic E-state index is 4.37. The van der Waals surface area contributed by atoms with Crippen LogP contribution in [-0.2, 0) is 13.0 Å². The highest BCUT2D eigenvalue weighted by molar-refractivity contribution is 7.09. The van der Waals surface area contributed by atoms with Crippen molar-refractivity contribution >= 4 is 11.3 Å². The quantitative estimate of drug-likeness (QED) is 0.842. The first kappa shape index (κ1) is 13.7. The topological polar surface area (TPSA) is 19.4 Å². The molecule has 2 aromatic rings. The normalized spacial score (nSPS) is 17.4. The molecule has 1 aromatic heterocycles. The van der Waals surface area contributed by atoms with Gasteiger partial charge in [0, 0.05) is 44.3 Å². The summed E-state index contributed by atoms with van der Waals surface area (Å²) in [6, 6.07) is 10.8. The van der Waals surface area contributed by atoms with Gasteiger partial charge in [0.1, 0.15) is 5.01 Å². The van der Waals surface area contributed by atoms with Gasteiger partial charge in [0.25, 0.3) is 0 Å². The molecular weight excluding hydrogens is 266 g/mol. The summed E-state index contributed by atoms with van der Waals surface area (Å²) in [5.74, 6) is 0. The molecule has 1 fully saturated rings. The van der Waals surface area contributed by atoms with Crippen LogP contribution in [0.2, 0.25) is 0 Å². The molecule has 0 bridgehead atoms. The minimum atomic E-state index is 1.02. The van der Waals surface area contributed by atoms with Crippen molar-refractivity contribution in [2.24, 2.45) is 0 Å². The lowest BCUT2D eigenvalue weighted by Gasteiger charge is -2.34. The van der Waals surface area contributed by atoms with Crippen LogP contribution in [0.5, 0.6) is 0 Å². The molecule has 1 aliphatic heterocycles. The van der Waals surface area contributed by atoms with Gasteiger partial charge in [-0.2, -0.15) is 0 Å². The van der Waals surface area contributed by atoms with Gasteiger partial charge in [0.15, 0.2) is 0 Å². The van der Waals surface area contributed by atoms with E-state index in [0.717, 1.165) is 26.1 Å². The van der Waals surface area contributed by atoms with Gasteiger partial charge in [0.05, 0.1) is 6.54 Å². The Hall–Kier alpha value is -1.23. The predicted molar refractivity (Wildman–Crippen MR) is 84.0 cm³/mol. The van der Waals surface area contributed by atoms with Gasteiger partial charge in [-0.3, -0.25) is 4.90 Å². The zero-order valence-electron chi connectivity index (χ0n) is 11.7. The molecule has 0 radical (unpaired) electrons. The molecule has 0 atom stereocenters. The maximum Gasteiger partial charge on any atom is 0.107 e. The second kappa shape index (κ2) is 6.97. The van der Waals surface area contributed by atoms with Crippen LogP contribution >= 0.6 is 11.3 Å². The summed E-state index contributed by atoms with van der Waals surface area (Å²) in [4.78, 5) is 9.46. The second-order valence-electron chi connectivity index (χ2n) is 5.28. The third-order valence-electron chi connectivity index (χ3n) is 3.87. The summed E-state index contributed by atoms with van der Waals surface area (Å²) in [5, 5.41) is 3.30. The lowest BCUT2D eigenvalue weighted by molar-refractivity contribution is 0.128. The van der Waals surface area contributed by atoms with Crippen LogP contribution in [-0.4, -0.2) is 47.5 Å². The summed E-state index contributed by atoms with van der Waals surface area (Å²) in [6.07, 6.45) is 3.06. The number of hydrogen-bond acceptors (Lipinski definition) is 4. The molecule has 3 nitrogen and oxygen atoms in total. The lowest BCUT2D eigenvalue weighted by Crippen LogP contribution is -2.46. The Morgan fingerprint density at radius 3 is 2.45 bits per heavy atom. The molecule has 3 rings (SSSR count). The van der Waals surface area contributed by atoms with Crippen molar-refractivity contribution in [3.63, 3.8) is 0 Å². The first-order valence-electron chi connectivity index (χ1n) is 7.27. The van der Waals surface area contributed by atoms with Crippen molar-refractivity contribution in [2.45, 2.75) is 13.0 Å². The molecule has 20 heavy (non-hydrogen) atoms. The van der Waals surface area contributed by atoms with Gasteiger partial charge < -0.3 is 4.90 Å². The van der Waals surface area contributed by atoms with E-state index in [2.05, 4.69) is 50.5 Å². The van der Waals surface area contributed by atoms with E-state index in [4.69, 9.17) is 0 Å². The van der Waals surface area contributed by atoms with E-state index < -0.39 is 0 Å². The Morgan fingerprint density at radius 1 is 1.00 bits per heavy atom. The minimum absolute atomic E-state index is 1.02. The van der Waals surface area contributed by atoms with E-state index in [-0.39, 0.29) is 0 Å². The molecule has 0 spiro atoms. The van der Waals surface area contributed by atoms with Gasteiger partial charge in [-0.25, -0.2) is 4.98 Å². The smallest absolute Gasteiger partial charge is 0.107 e. The van der Waals surface area contributed by atoms with Gasteiger partial charge >= 0.3 is 0 Å². The van der Waals surface area contributed by atoms with Crippen LogP contribution in [0.3, 0.4) is 0 Å². The lowest BCUT2D eigenvalue weighted by atomic mass is 10.1. The first-order chi connectivity index (χ1) is 9.90. The SMILES string of the molecule is c1ccc(CCN2CCN(Cc3nccs3)CC2)cc1. The van der Waals surface area contributed by atoms with Gasteiger partial charge in [0.2, 0.25) is 0 Å². The number of aromatic nitrogens is 1. The predicted octanol–water partition coefficient (Wildman–Crippen LogP) is 2.50. The number of piperazine rings is 1. The van der Waals surface area contributed by atoms with Crippen LogP contribution in [0, 0.1) is 0 Å². The van der Waals surface area contributed by atoms with Gasteiger partial charge in [-0.1, -0.05) is 30.3 Å². The molecule has 1 aliphatic rings. The number of nitrogens with zero attached hydrogens (tertiary/aromatic N) is 3. The molecule has 0 aliphatic carbocycles. The van der Waals surface area contributed by atoms with Crippen LogP contribution in [0.1, 0.15) is 10.6 Å². The minimum Gasteiger partial charge on any atom is -0.300 e. The van der Waals surface area contributed by atoms with E-state index in [9.17, 15) is 0 Å². The van der Waals surface area contributed by atoms with Crippen molar-refractivity contribution in [1.29, 1.82) is 0 Å². The molecule has 106 valence electrons. The highest BCUT2D eigenvalue weighted by atomic mass is 32.1. The van der Waals surface area contributed by atoms with Crippen LogP contribution in [0.25, 0.3) is 0 Å². The summed E-state index contributed by atoms with van der Waals surface area (Å²) >= 11 is 1.76. The molecule has 4 heteroatoms. The molecule has 1 saturated heterocycles. The zero-order chi connectivity index (χ0) is 13.6. The Balaban J connectivity index is 1.40. The standard InChI is InChI=1S/C16H21N3S/c1-2-4-15(5-3-1)6-8-18-9-11-19(12-10-18)14-16-17-7-13-20-16/h1-5,7,13H,6,8-12,14H2. The van der Waals surface area contributed by atoms with E-state index in [1.165, 1.54) is 30.2 Å². The number of benzene rings is 1. The van der Waals surface area contributed by atoms with Crippen molar-refractivity contribution < 1.29 is 0 Å². The second-order valence-corrected chi connectivity index (χ2v) is 6.26. The summed E-state index contributed by atoms with van der Waals surface area (Å²) in [7, 11) is 0. The molecule has 0 unspecified atom stereocenters.